The lowest BCUT2D eigenvalue weighted by Crippen LogP contribution is -2.35. The van der Waals surface area contributed by atoms with Crippen LogP contribution in [0.25, 0.3) is 0 Å². The van der Waals surface area contributed by atoms with Gasteiger partial charge in [0, 0.05) is 18.3 Å². The van der Waals surface area contributed by atoms with Gasteiger partial charge in [0.15, 0.2) is 0 Å². The van der Waals surface area contributed by atoms with Crippen molar-refractivity contribution in [3.63, 3.8) is 0 Å². The maximum atomic E-state index is 5.65. The average molecular weight is 254 g/mol. The molecule has 1 N–H and O–H groups in total. The summed E-state index contributed by atoms with van der Waals surface area (Å²) < 4.78 is 7.48. The summed E-state index contributed by atoms with van der Waals surface area (Å²) in [5.74, 6) is 0. The highest BCUT2D eigenvalue weighted by Crippen LogP contribution is 2.06. The van der Waals surface area contributed by atoms with E-state index in [4.69, 9.17) is 4.74 Å². The Hall–Kier alpha value is -0.940. The fourth-order valence-corrected chi connectivity index (χ4v) is 1.33. The molecule has 0 aliphatic carbocycles. The Kier molecular flexibility index (Phi) is 4.87. The molecule has 1 heterocycles. The van der Waals surface area contributed by atoms with Crippen molar-refractivity contribution in [3.8, 4) is 0 Å². The molecule has 0 amide bonds. The second-order valence-electron chi connectivity index (χ2n) is 6.54. The minimum Gasteiger partial charge on any atom is -0.374 e. The number of nitrogens with zero attached hydrogens (tertiary/aromatic N) is 3. The van der Waals surface area contributed by atoms with Crippen LogP contribution in [0.3, 0.4) is 0 Å². The van der Waals surface area contributed by atoms with Crippen LogP contribution in [0, 0.1) is 0 Å². The molecule has 0 saturated carbocycles. The third kappa shape index (κ3) is 6.71. The van der Waals surface area contributed by atoms with Gasteiger partial charge in [-0.25, -0.2) is 4.68 Å². The van der Waals surface area contributed by atoms with Gasteiger partial charge in [-0.1, -0.05) is 5.21 Å². The number of hydrogen-bond acceptors (Lipinski definition) is 4. The van der Waals surface area contributed by atoms with Crippen LogP contribution in [0.2, 0.25) is 0 Å². The molecule has 1 aromatic rings. The van der Waals surface area contributed by atoms with E-state index in [2.05, 4.69) is 36.4 Å². The summed E-state index contributed by atoms with van der Waals surface area (Å²) in [5, 5.41) is 11.6. The van der Waals surface area contributed by atoms with Crippen LogP contribution in [0.15, 0.2) is 6.20 Å². The quantitative estimate of drug-likeness (QED) is 0.873. The highest BCUT2D eigenvalue weighted by molar-refractivity contribution is 4.93. The van der Waals surface area contributed by atoms with Gasteiger partial charge in [0.2, 0.25) is 0 Å². The van der Waals surface area contributed by atoms with E-state index in [-0.39, 0.29) is 11.1 Å². The third-order valence-corrected chi connectivity index (χ3v) is 2.24. The number of nitrogens with one attached hydrogen (secondary N) is 1. The zero-order valence-electron chi connectivity index (χ0n) is 12.4. The maximum absolute atomic E-state index is 5.65. The van der Waals surface area contributed by atoms with E-state index in [9.17, 15) is 0 Å². The summed E-state index contributed by atoms with van der Waals surface area (Å²) in [6.45, 7) is 14.7. The Balaban J connectivity index is 2.35. The highest BCUT2D eigenvalue weighted by atomic mass is 16.5. The van der Waals surface area contributed by atoms with Crippen molar-refractivity contribution in [2.75, 3.05) is 6.61 Å². The summed E-state index contributed by atoms with van der Waals surface area (Å²) in [7, 11) is 0. The molecule has 0 radical (unpaired) electrons. The molecular formula is C13H26N4O. The van der Waals surface area contributed by atoms with Crippen molar-refractivity contribution >= 4 is 0 Å². The van der Waals surface area contributed by atoms with Crippen LogP contribution in [0.1, 0.15) is 47.2 Å². The lowest BCUT2D eigenvalue weighted by molar-refractivity contribution is -0.00805. The second-order valence-corrected chi connectivity index (χ2v) is 6.54. The molecule has 104 valence electrons. The second kappa shape index (κ2) is 5.80. The average Bonchev–Trinajstić information content (AvgIpc) is 2.60. The van der Waals surface area contributed by atoms with E-state index in [1.54, 1.807) is 0 Å². The first-order chi connectivity index (χ1) is 8.16. The monoisotopic (exact) mass is 254 g/mol. The van der Waals surface area contributed by atoms with Crippen LogP contribution in [-0.2, 0) is 17.8 Å². The minimum atomic E-state index is -0.1000. The van der Waals surface area contributed by atoms with Crippen molar-refractivity contribution in [3.05, 3.63) is 11.9 Å². The fourth-order valence-electron chi connectivity index (χ4n) is 1.33. The highest BCUT2D eigenvalue weighted by Gasteiger charge is 2.11. The van der Waals surface area contributed by atoms with Crippen molar-refractivity contribution in [1.82, 2.24) is 20.3 Å². The van der Waals surface area contributed by atoms with Crippen LogP contribution in [-0.4, -0.2) is 32.7 Å². The van der Waals surface area contributed by atoms with Gasteiger partial charge < -0.3 is 10.1 Å². The number of rotatable bonds is 5. The fraction of sp³-hybridized carbons (Fsp3) is 0.846. The Bertz CT molecular complexity index is 360. The SMILES string of the molecule is CC(C)(C)NCc1cn(CCOC(C)(C)C)nn1. The predicted molar refractivity (Wildman–Crippen MR) is 72.3 cm³/mol. The summed E-state index contributed by atoms with van der Waals surface area (Å²) in [6, 6.07) is 0. The number of hydrogen-bond donors (Lipinski definition) is 1. The summed E-state index contributed by atoms with van der Waals surface area (Å²) >= 11 is 0. The standard InChI is InChI=1S/C13H26N4O/c1-12(2,3)14-9-11-10-17(16-15-11)7-8-18-13(4,5)6/h10,14H,7-9H2,1-6H3. The topological polar surface area (TPSA) is 52.0 Å². The summed E-state index contributed by atoms with van der Waals surface area (Å²) in [5.41, 5.74) is 0.955. The molecule has 0 spiro atoms. The van der Waals surface area contributed by atoms with E-state index in [0.717, 1.165) is 18.8 Å². The summed E-state index contributed by atoms with van der Waals surface area (Å²) in [4.78, 5) is 0. The van der Waals surface area contributed by atoms with Crippen molar-refractivity contribution < 1.29 is 4.74 Å². The van der Waals surface area contributed by atoms with Gasteiger partial charge in [-0.05, 0) is 41.5 Å². The molecule has 0 atom stereocenters. The van der Waals surface area contributed by atoms with Gasteiger partial charge in [0.05, 0.1) is 24.4 Å². The van der Waals surface area contributed by atoms with Crippen molar-refractivity contribution in [2.45, 2.75) is 65.8 Å². The zero-order chi connectivity index (χ0) is 13.8. The largest absolute Gasteiger partial charge is 0.374 e. The molecule has 0 saturated heterocycles. The molecule has 1 rings (SSSR count). The minimum absolute atomic E-state index is 0.0964. The van der Waals surface area contributed by atoms with E-state index in [1.807, 2.05) is 31.6 Å². The Morgan fingerprint density at radius 3 is 2.44 bits per heavy atom. The van der Waals surface area contributed by atoms with E-state index >= 15 is 0 Å². The first-order valence-electron chi connectivity index (χ1n) is 6.44. The molecule has 5 heteroatoms. The number of ether oxygens (including phenoxy) is 1. The molecule has 5 nitrogen and oxygen atoms in total. The Morgan fingerprint density at radius 2 is 1.89 bits per heavy atom. The van der Waals surface area contributed by atoms with E-state index in [1.165, 1.54) is 0 Å². The third-order valence-electron chi connectivity index (χ3n) is 2.24. The van der Waals surface area contributed by atoms with E-state index in [0.29, 0.717) is 6.61 Å². The van der Waals surface area contributed by atoms with Crippen LogP contribution < -0.4 is 5.32 Å². The normalized spacial score (nSPS) is 13.0. The Morgan fingerprint density at radius 1 is 1.22 bits per heavy atom. The molecule has 0 aliphatic rings. The van der Waals surface area contributed by atoms with Crippen molar-refractivity contribution in [1.29, 1.82) is 0 Å². The number of aromatic nitrogens is 3. The van der Waals surface area contributed by atoms with Gasteiger partial charge in [0.25, 0.3) is 0 Å². The lowest BCUT2D eigenvalue weighted by Gasteiger charge is -2.19. The molecule has 18 heavy (non-hydrogen) atoms. The molecule has 0 fully saturated rings. The molecule has 0 unspecified atom stereocenters. The Labute approximate surface area is 110 Å². The predicted octanol–water partition coefficient (Wildman–Crippen LogP) is 1.98. The van der Waals surface area contributed by atoms with Gasteiger partial charge in [-0.2, -0.15) is 0 Å². The first-order valence-corrected chi connectivity index (χ1v) is 6.44. The van der Waals surface area contributed by atoms with Crippen LogP contribution >= 0.6 is 0 Å². The maximum Gasteiger partial charge on any atom is 0.0965 e. The first kappa shape index (κ1) is 15.1. The van der Waals surface area contributed by atoms with Crippen LogP contribution in [0.4, 0.5) is 0 Å². The van der Waals surface area contributed by atoms with Gasteiger partial charge in [-0.3, -0.25) is 0 Å². The van der Waals surface area contributed by atoms with Crippen LogP contribution in [0.5, 0.6) is 0 Å². The van der Waals surface area contributed by atoms with Gasteiger partial charge in [0.1, 0.15) is 0 Å². The molecule has 0 aromatic carbocycles. The van der Waals surface area contributed by atoms with Gasteiger partial charge >= 0.3 is 0 Å². The molecule has 0 aliphatic heterocycles. The smallest absolute Gasteiger partial charge is 0.0965 e. The molecule has 0 bridgehead atoms. The van der Waals surface area contributed by atoms with Crippen molar-refractivity contribution in [2.24, 2.45) is 0 Å². The van der Waals surface area contributed by atoms with Gasteiger partial charge in [-0.15, -0.1) is 5.10 Å². The molecule has 1 aromatic heterocycles. The van der Waals surface area contributed by atoms with E-state index < -0.39 is 0 Å². The zero-order valence-corrected chi connectivity index (χ0v) is 12.4. The lowest BCUT2D eigenvalue weighted by atomic mass is 10.1. The molecular weight excluding hydrogens is 228 g/mol. The summed E-state index contributed by atoms with van der Waals surface area (Å²) in [6.07, 6.45) is 1.96.